The van der Waals surface area contributed by atoms with Crippen molar-refractivity contribution in [3.63, 3.8) is 0 Å². The molecule has 2 saturated carbocycles. The summed E-state index contributed by atoms with van der Waals surface area (Å²) in [5.74, 6) is -0.213. The van der Waals surface area contributed by atoms with Crippen LogP contribution in [-0.2, 0) is 6.42 Å². The van der Waals surface area contributed by atoms with E-state index in [0.29, 0.717) is 22.6 Å². The smallest absolute Gasteiger partial charge is 0.405 e. The molecular formula is C22H24F3N5O4. The molecule has 12 heteroatoms. The van der Waals surface area contributed by atoms with Crippen molar-refractivity contribution in [1.29, 1.82) is 0 Å². The average molecular weight is 479 g/mol. The molecule has 1 unspecified atom stereocenters. The van der Waals surface area contributed by atoms with Gasteiger partial charge in [0.05, 0.1) is 29.6 Å². The van der Waals surface area contributed by atoms with Crippen LogP contribution in [0.4, 0.5) is 24.9 Å². The monoisotopic (exact) mass is 479 g/mol. The fourth-order valence-electron chi connectivity index (χ4n) is 4.73. The summed E-state index contributed by atoms with van der Waals surface area (Å²) in [6.07, 6.45) is -4.15. The first-order valence-corrected chi connectivity index (χ1v) is 10.9. The summed E-state index contributed by atoms with van der Waals surface area (Å²) in [7, 11) is 0. The number of hydrogen-bond acceptors (Lipinski definition) is 9. The number of furan rings is 1. The van der Waals surface area contributed by atoms with Crippen molar-refractivity contribution in [2.75, 3.05) is 17.2 Å². The van der Waals surface area contributed by atoms with Gasteiger partial charge in [-0.05, 0) is 31.9 Å². The summed E-state index contributed by atoms with van der Waals surface area (Å²) in [5, 5.41) is 36.9. The topological polar surface area (TPSA) is 137 Å². The number of aliphatic hydroxyl groups excluding tert-OH is 2. The van der Waals surface area contributed by atoms with Gasteiger partial charge in [-0.15, -0.1) is 0 Å². The molecule has 2 aliphatic carbocycles. The van der Waals surface area contributed by atoms with Crippen molar-refractivity contribution in [2.45, 2.75) is 56.7 Å². The number of pyridine rings is 1. The predicted octanol–water partition coefficient (Wildman–Crippen LogP) is 2.40. The molecule has 5 N–H and O–H groups in total. The van der Waals surface area contributed by atoms with Gasteiger partial charge < -0.3 is 30.4 Å². The zero-order valence-corrected chi connectivity index (χ0v) is 18.4. The van der Waals surface area contributed by atoms with E-state index in [-0.39, 0.29) is 18.2 Å². The number of nitrogens with zero attached hydrogens (tertiary/aromatic N) is 3. The molecule has 34 heavy (non-hydrogen) atoms. The number of aromatic nitrogens is 3. The van der Waals surface area contributed by atoms with E-state index < -0.39 is 42.5 Å². The van der Waals surface area contributed by atoms with Crippen LogP contribution in [0.1, 0.15) is 24.7 Å². The third-order valence-corrected chi connectivity index (χ3v) is 6.63. The van der Waals surface area contributed by atoms with Gasteiger partial charge in [0.1, 0.15) is 29.8 Å². The minimum atomic E-state index is -4.46. The first kappa shape index (κ1) is 22.8. The van der Waals surface area contributed by atoms with Crippen molar-refractivity contribution in [2.24, 2.45) is 5.92 Å². The van der Waals surface area contributed by atoms with E-state index in [1.165, 1.54) is 0 Å². The second-order valence-corrected chi connectivity index (χ2v) is 8.87. The number of fused-ring (bicyclic) bond motifs is 2. The second-order valence-electron chi connectivity index (χ2n) is 8.87. The molecule has 182 valence electrons. The van der Waals surface area contributed by atoms with Crippen molar-refractivity contribution in [1.82, 2.24) is 15.0 Å². The first-order valence-electron chi connectivity index (χ1n) is 10.9. The summed E-state index contributed by atoms with van der Waals surface area (Å²) >= 11 is 0. The SMILES string of the molecule is CCc1cc2cc(-c3c(C)nc(NCC(F)(F)F)nc3N[C@@H]3C[C@@H]4C(O)[C@]4(O)[C@H]3O)oc2cn1. The lowest BCUT2D eigenvalue weighted by atomic mass is 10.1. The van der Waals surface area contributed by atoms with Crippen LogP contribution < -0.4 is 10.6 Å². The molecular weight excluding hydrogens is 455 g/mol. The highest BCUT2D eigenvalue weighted by Crippen LogP contribution is 2.56. The quantitative estimate of drug-likeness (QED) is 0.361. The van der Waals surface area contributed by atoms with Crippen LogP contribution in [-0.4, -0.2) is 66.8 Å². The minimum Gasteiger partial charge on any atom is -0.454 e. The Labute approximate surface area is 192 Å². The Morgan fingerprint density at radius 3 is 2.62 bits per heavy atom. The number of anilines is 2. The minimum absolute atomic E-state index is 0.142. The van der Waals surface area contributed by atoms with E-state index in [1.54, 1.807) is 19.2 Å². The van der Waals surface area contributed by atoms with Crippen molar-refractivity contribution in [3.05, 3.63) is 29.7 Å². The van der Waals surface area contributed by atoms with E-state index in [0.717, 1.165) is 17.5 Å². The maximum atomic E-state index is 12.7. The molecule has 3 heterocycles. The maximum absolute atomic E-state index is 12.7. The van der Waals surface area contributed by atoms with Gasteiger partial charge in [-0.2, -0.15) is 18.2 Å². The normalized spacial score (nSPS) is 28.2. The first-order chi connectivity index (χ1) is 16.0. The zero-order chi connectivity index (χ0) is 24.4. The van der Waals surface area contributed by atoms with Crippen LogP contribution in [0.15, 0.2) is 22.7 Å². The molecule has 3 aromatic rings. The number of aliphatic hydroxyl groups is 3. The number of nitrogens with one attached hydrogen (secondary N) is 2. The van der Waals surface area contributed by atoms with E-state index in [2.05, 4.69) is 25.6 Å². The number of alkyl halides is 3. The fraction of sp³-hybridized carbons (Fsp3) is 0.500. The van der Waals surface area contributed by atoms with E-state index in [4.69, 9.17) is 4.42 Å². The van der Waals surface area contributed by atoms with Crippen LogP contribution in [0.25, 0.3) is 22.3 Å². The fourth-order valence-corrected chi connectivity index (χ4v) is 4.73. The Bertz CT molecular complexity index is 1250. The van der Waals surface area contributed by atoms with Crippen LogP contribution in [0.3, 0.4) is 0 Å². The standard InChI is InChI=1S/C22H24F3N5O4/c1-3-11-4-10-5-14(34-15(10)7-26-11)16-9(2)28-20(27-8-21(23,24)25)30-19(16)29-13-6-12-17(31)22(12,33)18(13)32/h4-5,7,12-13,17-18,31-33H,3,6,8H2,1-2H3,(H2,27,28,29,30)/t12-,13-,17?,18+,22+/m1/s1. The van der Waals surface area contributed by atoms with Gasteiger partial charge in [0, 0.05) is 17.0 Å². The molecule has 0 bridgehead atoms. The molecule has 0 saturated heterocycles. The van der Waals surface area contributed by atoms with Crippen molar-refractivity contribution >= 4 is 22.7 Å². The van der Waals surface area contributed by atoms with E-state index >= 15 is 0 Å². The van der Waals surface area contributed by atoms with Crippen molar-refractivity contribution < 1.29 is 32.9 Å². The van der Waals surface area contributed by atoms with Gasteiger partial charge in [-0.1, -0.05) is 6.92 Å². The summed E-state index contributed by atoms with van der Waals surface area (Å²) in [5.41, 5.74) is 0.557. The summed E-state index contributed by atoms with van der Waals surface area (Å²) in [6, 6.07) is 2.98. The van der Waals surface area contributed by atoms with Gasteiger partial charge in [-0.25, -0.2) is 4.98 Å². The van der Waals surface area contributed by atoms with E-state index in [9.17, 15) is 28.5 Å². The second kappa shape index (κ2) is 7.79. The van der Waals surface area contributed by atoms with Crippen molar-refractivity contribution in [3.8, 4) is 11.3 Å². The Hall–Kier alpha value is -2.96. The maximum Gasteiger partial charge on any atom is 0.405 e. The Kier molecular flexibility index (Phi) is 5.22. The predicted molar refractivity (Wildman–Crippen MR) is 116 cm³/mol. The molecule has 3 aromatic heterocycles. The number of rotatable bonds is 6. The zero-order valence-electron chi connectivity index (χ0n) is 18.4. The lowest BCUT2D eigenvalue weighted by Crippen LogP contribution is -2.42. The molecule has 0 amide bonds. The van der Waals surface area contributed by atoms with Gasteiger partial charge >= 0.3 is 6.18 Å². The molecule has 0 aliphatic heterocycles. The van der Waals surface area contributed by atoms with Crippen LogP contribution >= 0.6 is 0 Å². The molecule has 9 nitrogen and oxygen atoms in total. The highest BCUT2D eigenvalue weighted by Gasteiger charge is 2.74. The van der Waals surface area contributed by atoms with Crippen LogP contribution in [0.2, 0.25) is 0 Å². The highest BCUT2D eigenvalue weighted by atomic mass is 19.4. The summed E-state index contributed by atoms with van der Waals surface area (Å²) < 4.78 is 44.2. The number of halogens is 3. The molecule has 0 aromatic carbocycles. The number of aryl methyl sites for hydroxylation is 2. The Morgan fingerprint density at radius 1 is 1.21 bits per heavy atom. The largest absolute Gasteiger partial charge is 0.454 e. The van der Waals surface area contributed by atoms with Gasteiger partial charge in [0.25, 0.3) is 0 Å². The molecule has 0 radical (unpaired) electrons. The van der Waals surface area contributed by atoms with Crippen LogP contribution in [0, 0.1) is 12.8 Å². The van der Waals surface area contributed by atoms with Gasteiger partial charge in [-0.3, -0.25) is 4.98 Å². The van der Waals surface area contributed by atoms with Gasteiger partial charge in [0.2, 0.25) is 5.95 Å². The molecule has 5 atom stereocenters. The molecule has 0 spiro atoms. The van der Waals surface area contributed by atoms with Crippen LogP contribution in [0.5, 0.6) is 0 Å². The third-order valence-electron chi connectivity index (χ3n) is 6.63. The molecule has 5 rings (SSSR count). The van der Waals surface area contributed by atoms with Gasteiger partial charge in [0.15, 0.2) is 5.58 Å². The Morgan fingerprint density at radius 2 is 1.97 bits per heavy atom. The number of hydrogen-bond donors (Lipinski definition) is 5. The summed E-state index contributed by atoms with van der Waals surface area (Å²) in [4.78, 5) is 12.7. The Balaban J connectivity index is 1.53. The highest BCUT2D eigenvalue weighted by molar-refractivity contribution is 5.86. The molecule has 2 fully saturated rings. The lowest BCUT2D eigenvalue weighted by molar-refractivity contribution is -0.115. The molecule has 2 aliphatic rings. The summed E-state index contributed by atoms with van der Waals surface area (Å²) in [6.45, 7) is 2.27. The average Bonchev–Trinajstić information content (AvgIpc) is 3.06. The van der Waals surface area contributed by atoms with E-state index in [1.807, 2.05) is 13.0 Å². The third kappa shape index (κ3) is 3.75. The lowest BCUT2D eigenvalue weighted by Gasteiger charge is -2.25.